The van der Waals surface area contributed by atoms with E-state index in [-0.39, 0.29) is 29.8 Å². The Morgan fingerprint density at radius 2 is 2.04 bits per heavy atom. The van der Waals surface area contributed by atoms with Gasteiger partial charge in [0.05, 0.1) is 0 Å². The second-order valence-electron chi connectivity index (χ2n) is 8.69. The lowest BCUT2D eigenvalue weighted by atomic mass is 9.84. The minimum absolute atomic E-state index is 0. The molecular formula is C21H31ClN4O2. The van der Waals surface area contributed by atoms with E-state index in [2.05, 4.69) is 36.2 Å². The molecule has 1 aromatic carbocycles. The first-order chi connectivity index (χ1) is 12.9. The molecule has 154 valence electrons. The third-order valence-electron chi connectivity index (χ3n) is 5.06. The molecule has 3 rings (SSSR count). The fourth-order valence-electron chi connectivity index (χ4n) is 3.63. The predicted octanol–water partition coefficient (Wildman–Crippen LogP) is 3.99. The van der Waals surface area contributed by atoms with Crippen molar-refractivity contribution in [1.29, 1.82) is 0 Å². The van der Waals surface area contributed by atoms with E-state index >= 15 is 0 Å². The van der Waals surface area contributed by atoms with Crippen molar-refractivity contribution in [3.63, 3.8) is 0 Å². The maximum absolute atomic E-state index is 12.7. The van der Waals surface area contributed by atoms with E-state index in [4.69, 9.17) is 10.3 Å². The number of nitrogens with two attached hydrogens (primary N) is 1. The van der Waals surface area contributed by atoms with Crippen LogP contribution in [-0.4, -0.2) is 28.6 Å². The summed E-state index contributed by atoms with van der Waals surface area (Å²) in [4.78, 5) is 17.2. The van der Waals surface area contributed by atoms with Crippen LogP contribution in [0.1, 0.15) is 62.7 Å². The molecule has 1 heterocycles. The van der Waals surface area contributed by atoms with Crippen LogP contribution >= 0.6 is 12.4 Å². The first-order valence-corrected chi connectivity index (χ1v) is 9.80. The molecule has 7 heteroatoms. The summed E-state index contributed by atoms with van der Waals surface area (Å²) in [6.07, 6.45) is 5.12. The van der Waals surface area contributed by atoms with Crippen molar-refractivity contribution in [2.75, 3.05) is 6.54 Å². The van der Waals surface area contributed by atoms with Crippen molar-refractivity contribution in [3.8, 4) is 11.4 Å². The summed E-state index contributed by atoms with van der Waals surface area (Å²) < 4.78 is 5.37. The van der Waals surface area contributed by atoms with Crippen molar-refractivity contribution in [2.24, 2.45) is 17.1 Å². The summed E-state index contributed by atoms with van der Waals surface area (Å²) in [5.41, 5.74) is 7.34. The van der Waals surface area contributed by atoms with Crippen LogP contribution in [0.4, 0.5) is 0 Å². The van der Waals surface area contributed by atoms with Gasteiger partial charge >= 0.3 is 0 Å². The summed E-state index contributed by atoms with van der Waals surface area (Å²) in [7, 11) is 0. The van der Waals surface area contributed by atoms with E-state index < -0.39 is 0 Å². The largest absolute Gasteiger partial charge is 0.349 e. The zero-order chi connectivity index (χ0) is 19.4. The van der Waals surface area contributed by atoms with Gasteiger partial charge in [0, 0.05) is 23.6 Å². The fraction of sp³-hybridized carbons (Fsp3) is 0.571. The van der Waals surface area contributed by atoms with Gasteiger partial charge < -0.3 is 15.6 Å². The van der Waals surface area contributed by atoms with Gasteiger partial charge in [-0.15, -0.1) is 12.4 Å². The predicted molar refractivity (Wildman–Crippen MR) is 112 cm³/mol. The van der Waals surface area contributed by atoms with Crippen LogP contribution in [0.5, 0.6) is 0 Å². The molecule has 0 saturated heterocycles. The van der Waals surface area contributed by atoms with E-state index in [1.54, 1.807) is 0 Å². The monoisotopic (exact) mass is 406 g/mol. The van der Waals surface area contributed by atoms with Gasteiger partial charge in [0.15, 0.2) is 0 Å². The van der Waals surface area contributed by atoms with Gasteiger partial charge in [-0.1, -0.05) is 50.9 Å². The molecular weight excluding hydrogens is 376 g/mol. The van der Waals surface area contributed by atoms with E-state index in [1.165, 1.54) is 6.42 Å². The topological polar surface area (TPSA) is 94.0 Å². The Morgan fingerprint density at radius 1 is 1.29 bits per heavy atom. The van der Waals surface area contributed by atoms with Crippen molar-refractivity contribution in [3.05, 3.63) is 35.7 Å². The van der Waals surface area contributed by atoms with Crippen molar-refractivity contribution < 1.29 is 9.32 Å². The van der Waals surface area contributed by atoms with Gasteiger partial charge in [0.1, 0.15) is 0 Å². The van der Waals surface area contributed by atoms with Crippen molar-refractivity contribution >= 4 is 18.3 Å². The molecule has 1 aliphatic carbocycles. The molecule has 0 bridgehead atoms. The Balaban J connectivity index is 0.00000280. The second kappa shape index (κ2) is 9.52. The third kappa shape index (κ3) is 5.79. The normalized spacial score (nSPS) is 19.7. The Morgan fingerprint density at radius 3 is 2.75 bits per heavy atom. The number of nitrogens with one attached hydrogen (secondary N) is 1. The lowest BCUT2D eigenvalue weighted by molar-refractivity contribution is 0.0908. The molecule has 2 atom stereocenters. The minimum atomic E-state index is -0.0689. The number of hydrogen-bond acceptors (Lipinski definition) is 5. The van der Waals surface area contributed by atoms with Gasteiger partial charge in [0.25, 0.3) is 5.91 Å². The second-order valence-corrected chi connectivity index (χ2v) is 8.69. The molecule has 28 heavy (non-hydrogen) atoms. The molecule has 1 saturated carbocycles. The number of carbonyl (C=O) groups is 1. The summed E-state index contributed by atoms with van der Waals surface area (Å²) in [6, 6.07) is 7.54. The number of halogens is 1. The van der Waals surface area contributed by atoms with Crippen LogP contribution in [0, 0.1) is 11.3 Å². The fourth-order valence-corrected chi connectivity index (χ4v) is 3.63. The molecule has 2 aromatic rings. The standard InChI is InChI=1S/C21H30N4O2.ClH/c1-21(2,3)12-18-24-19(25-27-18)14-8-6-9-15(11-14)20(26)23-17-10-5-4-7-16(17)13-22;/h6,8-9,11,16-17H,4-5,7,10,12-13,22H2,1-3H3,(H,23,26);1H. The number of aromatic nitrogens is 2. The van der Waals surface area contributed by atoms with Crippen LogP contribution < -0.4 is 11.1 Å². The van der Waals surface area contributed by atoms with Crippen LogP contribution in [0.3, 0.4) is 0 Å². The summed E-state index contributed by atoms with van der Waals surface area (Å²) >= 11 is 0. The molecule has 6 nitrogen and oxygen atoms in total. The quantitative estimate of drug-likeness (QED) is 0.782. The first kappa shape index (κ1) is 22.4. The lowest BCUT2D eigenvalue weighted by Gasteiger charge is -2.31. The van der Waals surface area contributed by atoms with Gasteiger partial charge in [-0.05, 0) is 42.9 Å². The summed E-state index contributed by atoms with van der Waals surface area (Å²) in [5.74, 6) is 1.42. The lowest BCUT2D eigenvalue weighted by Crippen LogP contribution is -2.44. The van der Waals surface area contributed by atoms with E-state index in [0.29, 0.717) is 36.2 Å². The average Bonchev–Trinajstić information content (AvgIpc) is 3.09. The van der Waals surface area contributed by atoms with Crippen LogP contribution in [0.2, 0.25) is 0 Å². The summed E-state index contributed by atoms with van der Waals surface area (Å²) in [6.45, 7) is 7.00. The highest BCUT2D eigenvalue weighted by atomic mass is 35.5. The Bertz CT molecular complexity index is 785. The highest BCUT2D eigenvalue weighted by Crippen LogP contribution is 2.25. The Labute approximate surface area is 173 Å². The SMILES string of the molecule is CC(C)(C)Cc1nc(-c2cccc(C(=O)NC3CCCCC3CN)c2)no1.Cl. The molecule has 0 aliphatic heterocycles. The van der Waals surface area contributed by atoms with E-state index in [9.17, 15) is 4.79 Å². The van der Waals surface area contributed by atoms with Gasteiger partial charge in [0.2, 0.25) is 11.7 Å². The highest BCUT2D eigenvalue weighted by Gasteiger charge is 2.26. The van der Waals surface area contributed by atoms with E-state index in [0.717, 1.165) is 24.8 Å². The van der Waals surface area contributed by atoms with Crippen LogP contribution in [0.15, 0.2) is 28.8 Å². The molecule has 1 aromatic heterocycles. The average molecular weight is 407 g/mol. The number of carbonyl (C=O) groups excluding carboxylic acids is 1. The molecule has 0 radical (unpaired) electrons. The first-order valence-electron chi connectivity index (χ1n) is 9.80. The number of hydrogen-bond donors (Lipinski definition) is 2. The van der Waals surface area contributed by atoms with Gasteiger partial charge in [-0.2, -0.15) is 4.98 Å². The smallest absolute Gasteiger partial charge is 0.251 e. The maximum Gasteiger partial charge on any atom is 0.251 e. The number of nitrogens with zero attached hydrogens (tertiary/aromatic N) is 2. The van der Waals surface area contributed by atoms with E-state index in [1.807, 2.05) is 24.3 Å². The van der Waals surface area contributed by atoms with Gasteiger partial charge in [-0.25, -0.2) is 0 Å². The molecule has 1 aliphatic rings. The molecule has 1 amide bonds. The molecule has 3 N–H and O–H groups in total. The van der Waals surface area contributed by atoms with Crippen molar-refractivity contribution in [1.82, 2.24) is 15.5 Å². The molecule has 1 fully saturated rings. The minimum Gasteiger partial charge on any atom is -0.349 e. The summed E-state index contributed by atoms with van der Waals surface area (Å²) in [5, 5.41) is 7.25. The van der Waals surface area contributed by atoms with Crippen LogP contribution in [-0.2, 0) is 6.42 Å². The van der Waals surface area contributed by atoms with Crippen molar-refractivity contribution in [2.45, 2.75) is 58.9 Å². The highest BCUT2D eigenvalue weighted by molar-refractivity contribution is 5.95. The van der Waals surface area contributed by atoms with Crippen LogP contribution in [0.25, 0.3) is 11.4 Å². The zero-order valence-electron chi connectivity index (χ0n) is 16.9. The number of rotatable bonds is 5. The maximum atomic E-state index is 12.7. The third-order valence-corrected chi connectivity index (χ3v) is 5.06. The number of amides is 1. The Hall–Kier alpha value is -1.92. The Kier molecular flexibility index (Phi) is 7.61. The number of benzene rings is 1. The molecule has 0 spiro atoms. The zero-order valence-corrected chi connectivity index (χ0v) is 17.7. The van der Waals surface area contributed by atoms with Gasteiger partial charge in [-0.3, -0.25) is 4.79 Å². The molecule has 2 unspecified atom stereocenters.